The van der Waals surface area contributed by atoms with E-state index in [4.69, 9.17) is 4.74 Å². The van der Waals surface area contributed by atoms with Gasteiger partial charge in [-0.2, -0.15) is 10.5 Å². The summed E-state index contributed by atoms with van der Waals surface area (Å²) in [5.41, 5.74) is 2.06. The molecule has 0 aliphatic heterocycles. The number of phenols is 1. The molecular weight excluding hydrogens is 288 g/mol. The van der Waals surface area contributed by atoms with E-state index in [0.29, 0.717) is 0 Å². The van der Waals surface area contributed by atoms with E-state index in [2.05, 4.69) is 6.07 Å². The van der Waals surface area contributed by atoms with Crippen LogP contribution < -0.4 is 4.74 Å². The van der Waals surface area contributed by atoms with Crippen molar-refractivity contribution in [2.45, 2.75) is 0 Å². The largest absolute Gasteiger partial charge is 0.508 e. The molecular formula is C19H14N2O2. The minimum absolute atomic E-state index is 0.148. The summed E-state index contributed by atoms with van der Waals surface area (Å²) >= 11 is 0. The van der Waals surface area contributed by atoms with Gasteiger partial charge >= 0.3 is 0 Å². The number of nitriles is 2. The first-order valence-electron chi connectivity index (χ1n) is 6.83. The van der Waals surface area contributed by atoms with Crippen LogP contribution in [0.15, 0.2) is 59.7 Å². The predicted octanol–water partition coefficient (Wildman–Crippen LogP) is 3.91. The Kier molecular flexibility index (Phi) is 5.17. The summed E-state index contributed by atoms with van der Waals surface area (Å²) in [6.07, 6.45) is 3.26. The molecule has 0 amide bonds. The van der Waals surface area contributed by atoms with Crippen LogP contribution in [0, 0.1) is 22.7 Å². The number of phenolic OH excluding ortho intramolecular Hbond substituents is 1. The van der Waals surface area contributed by atoms with Crippen LogP contribution in [-0.4, -0.2) is 12.2 Å². The first-order chi connectivity index (χ1) is 11.2. The van der Waals surface area contributed by atoms with Gasteiger partial charge in [0.15, 0.2) is 0 Å². The molecule has 112 valence electrons. The molecule has 2 aromatic carbocycles. The first kappa shape index (κ1) is 15.9. The number of allylic oxidation sites excluding steroid dienone is 2. The van der Waals surface area contributed by atoms with Gasteiger partial charge in [0.05, 0.1) is 18.3 Å². The van der Waals surface area contributed by atoms with E-state index in [1.807, 2.05) is 18.2 Å². The zero-order valence-electron chi connectivity index (χ0n) is 12.5. The van der Waals surface area contributed by atoms with Gasteiger partial charge in [-0.15, -0.1) is 0 Å². The minimum atomic E-state index is 0.148. The maximum atomic E-state index is 9.34. The molecule has 0 aliphatic carbocycles. The quantitative estimate of drug-likeness (QED) is 0.686. The SMILES string of the molecule is COc1ccc(/C=C(C#N)/C(C#N)=C/c2ccc(O)cc2)cc1. The lowest BCUT2D eigenvalue weighted by Gasteiger charge is -2.01. The number of rotatable bonds is 4. The van der Waals surface area contributed by atoms with Gasteiger partial charge < -0.3 is 9.84 Å². The maximum absolute atomic E-state index is 9.34. The van der Waals surface area contributed by atoms with Crippen molar-refractivity contribution in [1.82, 2.24) is 0 Å². The maximum Gasteiger partial charge on any atom is 0.118 e. The first-order valence-corrected chi connectivity index (χ1v) is 6.83. The second kappa shape index (κ2) is 7.49. The minimum Gasteiger partial charge on any atom is -0.508 e. The molecule has 0 atom stereocenters. The van der Waals surface area contributed by atoms with Crippen LogP contribution >= 0.6 is 0 Å². The molecule has 4 nitrogen and oxygen atoms in total. The summed E-state index contributed by atoms with van der Waals surface area (Å²) in [4.78, 5) is 0. The number of hydrogen-bond acceptors (Lipinski definition) is 4. The van der Waals surface area contributed by atoms with Crippen LogP contribution in [0.2, 0.25) is 0 Å². The lowest BCUT2D eigenvalue weighted by molar-refractivity contribution is 0.415. The van der Waals surface area contributed by atoms with Crippen molar-refractivity contribution in [2.24, 2.45) is 0 Å². The number of ether oxygens (including phenoxy) is 1. The van der Waals surface area contributed by atoms with Crippen LogP contribution in [0.1, 0.15) is 11.1 Å². The Morgan fingerprint density at radius 2 is 1.30 bits per heavy atom. The molecule has 0 aliphatic rings. The predicted molar refractivity (Wildman–Crippen MR) is 88.3 cm³/mol. The van der Waals surface area contributed by atoms with E-state index in [0.717, 1.165) is 16.9 Å². The molecule has 0 fully saturated rings. The highest BCUT2D eigenvalue weighted by atomic mass is 16.5. The lowest BCUT2D eigenvalue weighted by atomic mass is 10.0. The van der Waals surface area contributed by atoms with Crippen molar-refractivity contribution in [3.63, 3.8) is 0 Å². The average Bonchev–Trinajstić information content (AvgIpc) is 2.60. The summed E-state index contributed by atoms with van der Waals surface area (Å²) in [6.45, 7) is 0. The molecule has 0 aromatic heterocycles. The van der Waals surface area contributed by atoms with Gasteiger partial charge in [0.25, 0.3) is 0 Å². The van der Waals surface area contributed by atoms with E-state index >= 15 is 0 Å². The van der Waals surface area contributed by atoms with Gasteiger partial charge in [-0.1, -0.05) is 24.3 Å². The van der Waals surface area contributed by atoms with E-state index < -0.39 is 0 Å². The zero-order valence-corrected chi connectivity index (χ0v) is 12.5. The van der Waals surface area contributed by atoms with Gasteiger partial charge in [0.1, 0.15) is 23.6 Å². The fourth-order valence-electron chi connectivity index (χ4n) is 1.94. The van der Waals surface area contributed by atoms with E-state index in [-0.39, 0.29) is 16.9 Å². The Balaban J connectivity index is 2.36. The highest BCUT2D eigenvalue weighted by Crippen LogP contribution is 2.20. The number of methoxy groups -OCH3 is 1. The third kappa shape index (κ3) is 4.23. The summed E-state index contributed by atoms with van der Waals surface area (Å²) in [6, 6.07) is 17.7. The summed E-state index contributed by atoms with van der Waals surface area (Å²) in [5, 5.41) is 27.9. The molecule has 0 unspecified atom stereocenters. The van der Waals surface area contributed by atoms with Crippen LogP contribution in [0.4, 0.5) is 0 Å². The average molecular weight is 302 g/mol. The van der Waals surface area contributed by atoms with Gasteiger partial charge in [-0.25, -0.2) is 0 Å². The van der Waals surface area contributed by atoms with Crippen LogP contribution in [0.25, 0.3) is 12.2 Å². The smallest absolute Gasteiger partial charge is 0.118 e. The molecule has 0 saturated carbocycles. The van der Waals surface area contributed by atoms with E-state index in [1.165, 1.54) is 12.1 Å². The summed E-state index contributed by atoms with van der Waals surface area (Å²) < 4.78 is 5.09. The molecule has 0 heterocycles. The summed E-state index contributed by atoms with van der Waals surface area (Å²) in [7, 11) is 1.58. The number of aromatic hydroxyl groups is 1. The number of nitrogens with zero attached hydrogens (tertiary/aromatic N) is 2. The molecule has 2 aromatic rings. The van der Waals surface area contributed by atoms with Gasteiger partial charge in [0.2, 0.25) is 0 Å². The van der Waals surface area contributed by atoms with E-state index in [1.54, 1.807) is 43.5 Å². The second-order valence-electron chi connectivity index (χ2n) is 4.70. The Morgan fingerprint density at radius 3 is 1.70 bits per heavy atom. The Morgan fingerprint density at radius 1 is 0.870 bits per heavy atom. The van der Waals surface area contributed by atoms with Crippen molar-refractivity contribution in [2.75, 3.05) is 7.11 Å². The summed E-state index contributed by atoms with van der Waals surface area (Å²) in [5.74, 6) is 0.871. The van der Waals surface area contributed by atoms with Gasteiger partial charge in [-0.3, -0.25) is 0 Å². The topological polar surface area (TPSA) is 77.0 Å². The van der Waals surface area contributed by atoms with Crippen LogP contribution in [0.3, 0.4) is 0 Å². The standard InChI is InChI=1S/C19H14N2O2/c1-23-19-8-4-15(5-9-19)11-17(13-21)16(12-20)10-14-2-6-18(22)7-3-14/h2-11,22H,1H3/b16-10+,17-11+. The molecule has 4 heteroatoms. The van der Waals surface area contributed by atoms with Crippen molar-refractivity contribution in [3.05, 3.63) is 70.8 Å². The molecule has 0 radical (unpaired) electrons. The normalized spacial score (nSPS) is 11.4. The number of hydrogen-bond donors (Lipinski definition) is 1. The molecule has 1 N–H and O–H groups in total. The van der Waals surface area contributed by atoms with Crippen molar-refractivity contribution in [3.8, 4) is 23.6 Å². The van der Waals surface area contributed by atoms with Gasteiger partial charge in [0, 0.05) is 0 Å². The van der Waals surface area contributed by atoms with Crippen molar-refractivity contribution in [1.29, 1.82) is 10.5 Å². The molecule has 0 bridgehead atoms. The van der Waals surface area contributed by atoms with Crippen molar-refractivity contribution < 1.29 is 9.84 Å². The molecule has 0 spiro atoms. The fourth-order valence-corrected chi connectivity index (χ4v) is 1.94. The van der Waals surface area contributed by atoms with Crippen LogP contribution in [0.5, 0.6) is 11.5 Å². The third-order valence-corrected chi connectivity index (χ3v) is 3.16. The highest BCUT2D eigenvalue weighted by Gasteiger charge is 2.05. The van der Waals surface area contributed by atoms with Crippen molar-refractivity contribution >= 4 is 12.2 Å². The number of benzene rings is 2. The molecule has 23 heavy (non-hydrogen) atoms. The second-order valence-corrected chi connectivity index (χ2v) is 4.70. The van der Waals surface area contributed by atoms with Crippen LogP contribution in [-0.2, 0) is 0 Å². The lowest BCUT2D eigenvalue weighted by Crippen LogP contribution is -1.86. The fraction of sp³-hybridized carbons (Fsp3) is 0.0526. The monoisotopic (exact) mass is 302 g/mol. The molecule has 2 rings (SSSR count). The van der Waals surface area contributed by atoms with E-state index in [9.17, 15) is 15.6 Å². The molecule has 0 saturated heterocycles. The Hall–Kier alpha value is -3.50. The van der Waals surface area contributed by atoms with Gasteiger partial charge in [-0.05, 0) is 47.5 Å². The zero-order chi connectivity index (χ0) is 16.7. The Bertz CT molecular complexity index is 818. The Labute approximate surface area is 134 Å². The highest BCUT2D eigenvalue weighted by molar-refractivity contribution is 5.74. The third-order valence-electron chi connectivity index (χ3n) is 3.16.